The summed E-state index contributed by atoms with van der Waals surface area (Å²) < 4.78 is 31.5. The molecule has 1 saturated carbocycles. The number of rotatable bonds is 3. The van der Waals surface area contributed by atoms with E-state index in [0.717, 1.165) is 12.8 Å². The Morgan fingerprint density at radius 2 is 2.00 bits per heavy atom. The summed E-state index contributed by atoms with van der Waals surface area (Å²) in [6, 6.07) is 2.88. The molecule has 14 heavy (non-hydrogen) atoms. The van der Waals surface area contributed by atoms with Crippen LogP contribution in [0.15, 0.2) is 16.6 Å². The second kappa shape index (κ2) is 3.85. The van der Waals surface area contributed by atoms with Crippen LogP contribution in [0.25, 0.3) is 0 Å². The van der Waals surface area contributed by atoms with E-state index in [9.17, 15) is 8.78 Å². The average Bonchev–Trinajstić information content (AvgIpc) is 2.97. The lowest BCUT2D eigenvalue weighted by Gasteiger charge is -2.07. The molecule has 76 valence electrons. The van der Waals surface area contributed by atoms with Crippen molar-refractivity contribution in [3.05, 3.63) is 28.2 Å². The second-order valence-electron chi connectivity index (χ2n) is 3.43. The van der Waals surface area contributed by atoms with Crippen molar-refractivity contribution in [2.75, 3.05) is 6.61 Å². The maximum absolute atomic E-state index is 13.2. The first-order chi connectivity index (χ1) is 6.68. The van der Waals surface area contributed by atoms with Gasteiger partial charge in [0.1, 0.15) is 0 Å². The van der Waals surface area contributed by atoms with E-state index in [-0.39, 0.29) is 10.2 Å². The molecule has 1 aromatic carbocycles. The molecule has 0 N–H and O–H groups in total. The summed E-state index contributed by atoms with van der Waals surface area (Å²) in [6.07, 6.45) is 2.25. The molecule has 4 heteroatoms. The van der Waals surface area contributed by atoms with Crippen LogP contribution >= 0.6 is 15.9 Å². The lowest BCUT2D eigenvalue weighted by atomic mass is 10.3. The van der Waals surface area contributed by atoms with Crippen molar-refractivity contribution in [3.63, 3.8) is 0 Å². The second-order valence-corrected chi connectivity index (χ2v) is 4.28. The van der Waals surface area contributed by atoms with Gasteiger partial charge in [0.2, 0.25) is 5.82 Å². The zero-order valence-electron chi connectivity index (χ0n) is 7.40. The highest BCUT2D eigenvalue weighted by Crippen LogP contribution is 2.31. The van der Waals surface area contributed by atoms with Crippen LogP contribution in [-0.4, -0.2) is 6.61 Å². The molecule has 0 heterocycles. The van der Waals surface area contributed by atoms with Gasteiger partial charge in [-0.25, -0.2) is 4.39 Å². The number of hydrogen-bond acceptors (Lipinski definition) is 1. The molecular weight excluding hydrogens is 254 g/mol. The Hall–Kier alpha value is -0.640. The van der Waals surface area contributed by atoms with Crippen LogP contribution in [-0.2, 0) is 0 Å². The Bertz CT molecular complexity index is 350. The molecule has 0 radical (unpaired) electrons. The molecule has 0 aromatic heterocycles. The summed E-state index contributed by atoms with van der Waals surface area (Å²) in [4.78, 5) is 0. The van der Waals surface area contributed by atoms with Gasteiger partial charge >= 0.3 is 0 Å². The van der Waals surface area contributed by atoms with E-state index in [0.29, 0.717) is 12.5 Å². The maximum Gasteiger partial charge on any atom is 0.201 e. The fourth-order valence-corrected chi connectivity index (χ4v) is 1.42. The Morgan fingerprint density at radius 1 is 1.29 bits per heavy atom. The number of halogens is 3. The van der Waals surface area contributed by atoms with Crippen LogP contribution < -0.4 is 4.74 Å². The van der Waals surface area contributed by atoms with Crippen LogP contribution in [0.2, 0.25) is 0 Å². The van der Waals surface area contributed by atoms with E-state index in [1.54, 1.807) is 0 Å². The minimum atomic E-state index is -0.917. The zero-order chi connectivity index (χ0) is 10.1. The average molecular weight is 263 g/mol. The van der Waals surface area contributed by atoms with E-state index >= 15 is 0 Å². The monoisotopic (exact) mass is 262 g/mol. The predicted molar refractivity (Wildman–Crippen MR) is 52.3 cm³/mol. The van der Waals surface area contributed by atoms with Crippen LogP contribution in [0, 0.1) is 17.6 Å². The lowest BCUT2D eigenvalue weighted by Crippen LogP contribution is -2.02. The van der Waals surface area contributed by atoms with Crippen molar-refractivity contribution in [1.82, 2.24) is 0 Å². The van der Waals surface area contributed by atoms with Crippen LogP contribution in [0.1, 0.15) is 12.8 Å². The molecule has 0 saturated heterocycles. The Labute approximate surface area is 89.2 Å². The maximum atomic E-state index is 13.2. The first-order valence-electron chi connectivity index (χ1n) is 4.45. The zero-order valence-corrected chi connectivity index (χ0v) is 8.98. The van der Waals surface area contributed by atoms with Gasteiger partial charge in [0, 0.05) is 0 Å². The van der Waals surface area contributed by atoms with Crippen LogP contribution in [0.5, 0.6) is 5.75 Å². The van der Waals surface area contributed by atoms with Gasteiger partial charge in [0.15, 0.2) is 11.6 Å². The standard InChI is InChI=1S/C10H9BrF2O/c11-7-3-4-8(10(13)9(7)12)14-5-6-1-2-6/h3-4,6H,1-2,5H2. The van der Waals surface area contributed by atoms with Crippen molar-refractivity contribution in [2.24, 2.45) is 5.92 Å². The summed E-state index contributed by atoms with van der Waals surface area (Å²) >= 11 is 2.90. The molecule has 0 unspecified atom stereocenters. The normalized spacial score (nSPS) is 15.6. The van der Waals surface area contributed by atoms with Crippen molar-refractivity contribution >= 4 is 15.9 Å². The third-order valence-corrected chi connectivity index (χ3v) is 2.78. The van der Waals surface area contributed by atoms with Gasteiger partial charge in [-0.1, -0.05) is 0 Å². The molecule has 1 aliphatic carbocycles. The van der Waals surface area contributed by atoms with Gasteiger partial charge in [0.25, 0.3) is 0 Å². The van der Waals surface area contributed by atoms with Gasteiger partial charge in [-0.15, -0.1) is 0 Å². The third-order valence-electron chi connectivity index (χ3n) is 2.17. The summed E-state index contributed by atoms with van der Waals surface area (Å²) in [5, 5.41) is 0. The van der Waals surface area contributed by atoms with Crippen molar-refractivity contribution in [3.8, 4) is 5.75 Å². The first-order valence-corrected chi connectivity index (χ1v) is 5.24. The fraction of sp³-hybridized carbons (Fsp3) is 0.400. The summed E-state index contributed by atoms with van der Waals surface area (Å²) in [5.74, 6) is -1.28. The summed E-state index contributed by atoms with van der Waals surface area (Å²) in [5.41, 5.74) is 0. The molecule has 1 aromatic rings. The lowest BCUT2D eigenvalue weighted by molar-refractivity contribution is 0.280. The SMILES string of the molecule is Fc1c(Br)ccc(OCC2CC2)c1F. The Kier molecular flexibility index (Phi) is 2.72. The van der Waals surface area contributed by atoms with Gasteiger partial charge in [0.05, 0.1) is 11.1 Å². The molecule has 1 aliphatic rings. The highest BCUT2D eigenvalue weighted by atomic mass is 79.9. The molecular formula is C10H9BrF2O. The van der Waals surface area contributed by atoms with E-state index in [4.69, 9.17) is 4.74 Å². The molecule has 1 nitrogen and oxygen atoms in total. The smallest absolute Gasteiger partial charge is 0.201 e. The number of hydrogen-bond donors (Lipinski definition) is 0. The third kappa shape index (κ3) is 2.05. The molecule has 0 aliphatic heterocycles. The number of ether oxygens (including phenoxy) is 1. The van der Waals surface area contributed by atoms with E-state index < -0.39 is 11.6 Å². The Morgan fingerprint density at radius 3 is 2.64 bits per heavy atom. The summed E-state index contributed by atoms with van der Waals surface area (Å²) in [6.45, 7) is 0.484. The molecule has 0 atom stereocenters. The molecule has 2 rings (SSSR count). The van der Waals surface area contributed by atoms with E-state index in [1.807, 2.05) is 0 Å². The van der Waals surface area contributed by atoms with Crippen molar-refractivity contribution < 1.29 is 13.5 Å². The topological polar surface area (TPSA) is 9.23 Å². The van der Waals surface area contributed by atoms with Crippen molar-refractivity contribution in [2.45, 2.75) is 12.8 Å². The molecule has 1 fully saturated rings. The molecule has 0 bridgehead atoms. The van der Waals surface area contributed by atoms with Gasteiger partial charge in [-0.05, 0) is 46.8 Å². The first kappa shape index (κ1) is 9.90. The van der Waals surface area contributed by atoms with Gasteiger partial charge in [-0.2, -0.15) is 4.39 Å². The van der Waals surface area contributed by atoms with Gasteiger partial charge in [-0.3, -0.25) is 0 Å². The summed E-state index contributed by atoms with van der Waals surface area (Å²) in [7, 11) is 0. The minimum absolute atomic E-state index is 0.00222. The van der Waals surface area contributed by atoms with Crippen LogP contribution in [0.3, 0.4) is 0 Å². The molecule has 0 amide bonds. The predicted octanol–water partition coefficient (Wildman–Crippen LogP) is 3.52. The number of benzene rings is 1. The van der Waals surface area contributed by atoms with Gasteiger partial charge < -0.3 is 4.74 Å². The highest BCUT2D eigenvalue weighted by Gasteiger charge is 2.23. The Balaban J connectivity index is 2.11. The van der Waals surface area contributed by atoms with Crippen molar-refractivity contribution in [1.29, 1.82) is 0 Å². The van der Waals surface area contributed by atoms with Crippen LogP contribution in [0.4, 0.5) is 8.78 Å². The quantitative estimate of drug-likeness (QED) is 0.758. The highest BCUT2D eigenvalue weighted by molar-refractivity contribution is 9.10. The largest absolute Gasteiger partial charge is 0.490 e. The van der Waals surface area contributed by atoms with E-state index in [1.165, 1.54) is 12.1 Å². The minimum Gasteiger partial charge on any atom is -0.490 e. The molecule has 0 spiro atoms. The van der Waals surface area contributed by atoms with E-state index in [2.05, 4.69) is 15.9 Å². The fourth-order valence-electron chi connectivity index (χ4n) is 1.11.